The summed E-state index contributed by atoms with van der Waals surface area (Å²) in [5, 5.41) is 2.76. The molecule has 1 amide bonds. The number of carbonyl (C=O) groups excluding carboxylic acids is 1. The third-order valence-electron chi connectivity index (χ3n) is 4.04. The van der Waals surface area contributed by atoms with Gasteiger partial charge in [-0.15, -0.1) is 0 Å². The van der Waals surface area contributed by atoms with Gasteiger partial charge >= 0.3 is 0 Å². The van der Waals surface area contributed by atoms with Crippen molar-refractivity contribution >= 4 is 21.6 Å². The second kappa shape index (κ2) is 9.53. The van der Waals surface area contributed by atoms with Crippen molar-refractivity contribution < 1.29 is 17.9 Å². The number of para-hydroxylation sites is 2. The second-order valence-electron chi connectivity index (χ2n) is 6.09. The molecule has 146 valence electrons. The molecule has 0 aliphatic carbocycles. The van der Waals surface area contributed by atoms with Crippen LogP contribution in [0.5, 0.6) is 5.75 Å². The lowest BCUT2D eigenvalue weighted by Crippen LogP contribution is -2.32. The molecule has 0 spiro atoms. The lowest BCUT2D eigenvalue weighted by Gasteiger charge is -2.21. The van der Waals surface area contributed by atoms with Crippen molar-refractivity contribution in [2.24, 2.45) is 0 Å². The van der Waals surface area contributed by atoms with E-state index in [2.05, 4.69) is 5.32 Å². The average molecular weight is 391 g/mol. The highest BCUT2D eigenvalue weighted by Gasteiger charge is 2.24. The standard InChI is InChI=1S/C20H26N2O4S/c1-4-13-22(14-5-2)27(24,25)17-10-8-9-16(15-17)20(23)21-18-11-6-7-12-19(18)26-3/h6-12,15H,4-5,13-14H2,1-3H3,(H,21,23). The molecule has 0 unspecified atom stereocenters. The number of benzene rings is 2. The lowest BCUT2D eigenvalue weighted by atomic mass is 10.2. The van der Waals surface area contributed by atoms with Gasteiger partial charge < -0.3 is 10.1 Å². The van der Waals surface area contributed by atoms with Crippen molar-refractivity contribution in [2.45, 2.75) is 31.6 Å². The molecular weight excluding hydrogens is 364 g/mol. The summed E-state index contributed by atoms with van der Waals surface area (Å²) in [6.07, 6.45) is 1.46. The highest BCUT2D eigenvalue weighted by Crippen LogP contribution is 2.24. The number of hydrogen-bond acceptors (Lipinski definition) is 4. The van der Waals surface area contributed by atoms with Gasteiger partial charge in [0.2, 0.25) is 10.0 Å². The molecule has 1 N–H and O–H groups in total. The predicted octanol–water partition coefficient (Wildman–Crippen LogP) is 3.76. The number of nitrogens with zero attached hydrogens (tertiary/aromatic N) is 1. The van der Waals surface area contributed by atoms with E-state index in [1.54, 1.807) is 36.4 Å². The average Bonchev–Trinajstić information content (AvgIpc) is 2.68. The van der Waals surface area contributed by atoms with Crippen LogP contribution in [0, 0.1) is 0 Å². The van der Waals surface area contributed by atoms with Crippen LogP contribution in [0.15, 0.2) is 53.4 Å². The molecule has 0 atom stereocenters. The van der Waals surface area contributed by atoms with Gasteiger partial charge in [-0.3, -0.25) is 4.79 Å². The topological polar surface area (TPSA) is 75.7 Å². The van der Waals surface area contributed by atoms with E-state index in [1.807, 2.05) is 13.8 Å². The third-order valence-corrected chi connectivity index (χ3v) is 5.93. The number of anilines is 1. The number of methoxy groups -OCH3 is 1. The Morgan fingerprint density at radius 3 is 2.33 bits per heavy atom. The maximum Gasteiger partial charge on any atom is 0.255 e. The Hall–Kier alpha value is -2.38. The summed E-state index contributed by atoms with van der Waals surface area (Å²) in [6.45, 7) is 4.78. The van der Waals surface area contributed by atoms with Crippen LogP contribution in [0.25, 0.3) is 0 Å². The quantitative estimate of drug-likeness (QED) is 0.707. The van der Waals surface area contributed by atoms with Crippen molar-refractivity contribution in [1.82, 2.24) is 4.31 Å². The zero-order valence-electron chi connectivity index (χ0n) is 15.9. The Kier molecular flexibility index (Phi) is 7.38. The van der Waals surface area contributed by atoms with Crippen LogP contribution >= 0.6 is 0 Å². The number of sulfonamides is 1. The van der Waals surface area contributed by atoms with E-state index in [9.17, 15) is 13.2 Å². The van der Waals surface area contributed by atoms with Gasteiger partial charge in [0.05, 0.1) is 17.7 Å². The molecule has 2 rings (SSSR count). The molecule has 0 aromatic heterocycles. The Balaban J connectivity index is 2.29. The molecule has 0 heterocycles. The van der Waals surface area contributed by atoms with Crippen molar-refractivity contribution in [3.8, 4) is 5.75 Å². The molecule has 2 aromatic rings. The Morgan fingerprint density at radius 2 is 1.70 bits per heavy atom. The van der Waals surface area contributed by atoms with Gasteiger partial charge in [-0.2, -0.15) is 4.31 Å². The summed E-state index contributed by atoms with van der Waals surface area (Å²) in [4.78, 5) is 12.7. The lowest BCUT2D eigenvalue weighted by molar-refractivity contribution is 0.102. The van der Waals surface area contributed by atoms with Crippen molar-refractivity contribution in [3.63, 3.8) is 0 Å². The molecule has 0 saturated heterocycles. The van der Waals surface area contributed by atoms with Crippen LogP contribution in [0.1, 0.15) is 37.0 Å². The van der Waals surface area contributed by atoms with Gasteiger partial charge in [0.1, 0.15) is 5.75 Å². The van der Waals surface area contributed by atoms with Crippen molar-refractivity contribution in [3.05, 3.63) is 54.1 Å². The SMILES string of the molecule is CCCN(CCC)S(=O)(=O)c1cccc(C(=O)Nc2ccccc2OC)c1. The van der Waals surface area contributed by atoms with E-state index in [1.165, 1.54) is 23.5 Å². The summed E-state index contributed by atoms with van der Waals surface area (Å²) >= 11 is 0. The van der Waals surface area contributed by atoms with E-state index in [0.29, 0.717) is 24.5 Å². The second-order valence-corrected chi connectivity index (χ2v) is 8.02. The summed E-state index contributed by atoms with van der Waals surface area (Å²) in [7, 11) is -2.12. The number of nitrogens with one attached hydrogen (secondary N) is 1. The first-order chi connectivity index (χ1) is 12.9. The predicted molar refractivity (Wildman–Crippen MR) is 107 cm³/mol. The number of hydrogen-bond donors (Lipinski definition) is 1. The molecule has 0 bridgehead atoms. The number of rotatable bonds is 9. The van der Waals surface area contributed by atoms with Crippen LogP contribution in [0.3, 0.4) is 0 Å². The highest BCUT2D eigenvalue weighted by atomic mass is 32.2. The van der Waals surface area contributed by atoms with Crippen LogP contribution < -0.4 is 10.1 Å². The van der Waals surface area contributed by atoms with Gasteiger partial charge in [-0.1, -0.05) is 32.0 Å². The first kappa shape index (κ1) is 20.9. The first-order valence-corrected chi connectivity index (χ1v) is 10.4. The van der Waals surface area contributed by atoms with E-state index in [0.717, 1.165) is 12.8 Å². The van der Waals surface area contributed by atoms with Gasteiger partial charge in [0.25, 0.3) is 5.91 Å². The third kappa shape index (κ3) is 5.08. The largest absolute Gasteiger partial charge is 0.495 e. The number of ether oxygens (including phenoxy) is 1. The minimum absolute atomic E-state index is 0.122. The maximum absolute atomic E-state index is 12.9. The fourth-order valence-electron chi connectivity index (χ4n) is 2.74. The van der Waals surface area contributed by atoms with E-state index < -0.39 is 15.9 Å². The molecule has 0 aliphatic rings. The van der Waals surface area contributed by atoms with Crippen molar-refractivity contribution in [1.29, 1.82) is 0 Å². The van der Waals surface area contributed by atoms with E-state index in [4.69, 9.17) is 4.74 Å². The minimum atomic E-state index is -3.64. The molecule has 7 heteroatoms. The smallest absolute Gasteiger partial charge is 0.255 e. The Labute approximate surface area is 161 Å². The van der Waals surface area contributed by atoms with Gasteiger partial charge in [0, 0.05) is 18.7 Å². The van der Waals surface area contributed by atoms with Crippen LogP contribution in [-0.2, 0) is 10.0 Å². The summed E-state index contributed by atoms with van der Waals surface area (Å²) in [5.41, 5.74) is 0.798. The van der Waals surface area contributed by atoms with Gasteiger partial charge in [0.15, 0.2) is 0 Å². The molecule has 0 fully saturated rings. The van der Waals surface area contributed by atoms with E-state index >= 15 is 0 Å². The number of amides is 1. The molecule has 0 aliphatic heterocycles. The maximum atomic E-state index is 12.9. The molecular formula is C20H26N2O4S. The first-order valence-electron chi connectivity index (χ1n) is 8.98. The molecule has 0 saturated carbocycles. The zero-order chi connectivity index (χ0) is 19.9. The molecule has 27 heavy (non-hydrogen) atoms. The zero-order valence-corrected chi connectivity index (χ0v) is 16.8. The fourth-order valence-corrected chi connectivity index (χ4v) is 4.41. The van der Waals surface area contributed by atoms with Gasteiger partial charge in [-0.25, -0.2) is 8.42 Å². The fraction of sp³-hybridized carbons (Fsp3) is 0.350. The number of carbonyl (C=O) groups is 1. The highest BCUT2D eigenvalue weighted by molar-refractivity contribution is 7.89. The summed E-state index contributed by atoms with van der Waals surface area (Å²) < 4.78 is 32.5. The summed E-state index contributed by atoms with van der Waals surface area (Å²) in [6, 6.07) is 13.2. The molecule has 0 radical (unpaired) electrons. The van der Waals surface area contributed by atoms with Crippen molar-refractivity contribution in [2.75, 3.05) is 25.5 Å². The van der Waals surface area contributed by atoms with E-state index in [-0.39, 0.29) is 10.5 Å². The monoisotopic (exact) mass is 390 g/mol. The summed E-state index contributed by atoms with van der Waals surface area (Å²) in [5.74, 6) is 0.140. The normalized spacial score (nSPS) is 11.4. The van der Waals surface area contributed by atoms with Crippen LogP contribution in [-0.4, -0.2) is 38.8 Å². The molecule has 2 aromatic carbocycles. The van der Waals surface area contributed by atoms with Gasteiger partial charge in [-0.05, 0) is 43.2 Å². The Morgan fingerprint density at radius 1 is 1.04 bits per heavy atom. The Bertz CT molecular complexity index is 875. The van der Waals surface area contributed by atoms with Crippen LogP contribution in [0.2, 0.25) is 0 Å². The van der Waals surface area contributed by atoms with Crippen LogP contribution in [0.4, 0.5) is 5.69 Å². The minimum Gasteiger partial charge on any atom is -0.495 e. The molecule has 6 nitrogen and oxygen atoms in total.